The van der Waals surface area contributed by atoms with Crippen molar-refractivity contribution in [2.45, 2.75) is 12.5 Å². The molecule has 1 atom stereocenters. The maximum atomic E-state index is 11.9. The highest BCUT2D eigenvalue weighted by molar-refractivity contribution is 5.88. The summed E-state index contributed by atoms with van der Waals surface area (Å²) in [5.41, 5.74) is 8.96. The number of aromatic nitrogens is 2. The molecule has 0 fully saturated rings. The van der Waals surface area contributed by atoms with Crippen molar-refractivity contribution >= 4 is 23.4 Å². The Morgan fingerprint density at radius 2 is 2.16 bits per heavy atom. The van der Waals surface area contributed by atoms with Crippen LogP contribution in [-0.4, -0.2) is 42.2 Å². The maximum absolute atomic E-state index is 11.9. The summed E-state index contributed by atoms with van der Waals surface area (Å²) in [4.78, 5) is 30.8. The van der Waals surface area contributed by atoms with E-state index in [1.165, 1.54) is 7.11 Å². The molecule has 3 rings (SSSR count). The number of hydrogen-bond acceptors (Lipinski definition) is 6. The quantitative estimate of drug-likeness (QED) is 0.527. The van der Waals surface area contributed by atoms with Crippen LogP contribution in [0.5, 0.6) is 0 Å². The van der Waals surface area contributed by atoms with E-state index < -0.39 is 12.1 Å². The Bertz CT molecular complexity index is 788. The minimum Gasteiger partial charge on any atom is -0.453 e. The molecule has 2 bridgehead atoms. The molecule has 6 N–H and O–H groups in total. The van der Waals surface area contributed by atoms with E-state index in [0.29, 0.717) is 30.3 Å². The van der Waals surface area contributed by atoms with Gasteiger partial charge in [-0.1, -0.05) is 0 Å². The summed E-state index contributed by atoms with van der Waals surface area (Å²) in [5, 5.41) is 8.68. The predicted molar refractivity (Wildman–Crippen MR) is 93.1 cm³/mol. The summed E-state index contributed by atoms with van der Waals surface area (Å²) in [6.45, 7) is 0.978. The number of nitrogens with one attached hydrogen (secondary N) is 4. The Hall–Kier alpha value is -3.07. The summed E-state index contributed by atoms with van der Waals surface area (Å²) >= 11 is 0. The van der Waals surface area contributed by atoms with Crippen molar-refractivity contribution in [1.82, 2.24) is 15.3 Å². The number of ether oxygens (including phenoxy) is 1. The molecule has 0 radical (unpaired) electrons. The van der Waals surface area contributed by atoms with Crippen LogP contribution in [0.4, 0.5) is 16.2 Å². The fraction of sp³-hybridized carbons (Fsp3) is 0.312. The van der Waals surface area contributed by atoms with Gasteiger partial charge in [0.2, 0.25) is 5.91 Å². The van der Waals surface area contributed by atoms with Gasteiger partial charge in [-0.15, -0.1) is 0 Å². The normalized spacial score (nSPS) is 17.2. The van der Waals surface area contributed by atoms with E-state index in [1.807, 2.05) is 6.07 Å². The summed E-state index contributed by atoms with van der Waals surface area (Å²) in [6.07, 6.45) is 1.37. The molecule has 1 unspecified atom stereocenters. The molecule has 2 heterocycles. The zero-order valence-electron chi connectivity index (χ0n) is 13.8. The van der Waals surface area contributed by atoms with E-state index >= 15 is 0 Å². The molecule has 1 aliphatic heterocycles. The first-order valence-electron chi connectivity index (χ1n) is 7.87. The standard InChI is InChI=1S/C16H20N6O3/c1-25-16(24)21-9-2-3-10-12(6-9)18-4-5-19-14(23)7-11(17)15-20-8-13(10)22-15/h2-3,6,8,11,18H,4-5,7,17H2,1H3,(H,19,23)(H,20,22)(H,21,24). The molecule has 1 aromatic heterocycles. The van der Waals surface area contributed by atoms with E-state index in [0.717, 1.165) is 11.3 Å². The largest absolute Gasteiger partial charge is 0.453 e. The average Bonchev–Trinajstić information content (AvgIpc) is 3.08. The van der Waals surface area contributed by atoms with Crippen LogP contribution in [0, 0.1) is 0 Å². The number of amides is 2. The number of nitrogens with two attached hydrogens (primary N) is 1. The van der Waals surface area contributed by atoms with Crippen molar-refractivity contribution in [1.29, 1.82) is 0 Å². The second-order valence-corrected chi connectivity index (χ2v) is 5.64. The minimum atomic E-state index is -0.548. The first-order valence-corrected chi connectivity index (χ1v) is 7.87. The fourth-order valence-electron chi connectivity index (χ4n) is 2.59. The zero-order chi connectivity index (χ0) is 17.8. The van der Waals surface area contributed by atoms with Gasteiger partial charge >= 0.3 is 6.09 Å². The van der Waals surface area contributed by atoms with E-state index in [9.17, 15) is 9.59 Å². The third-order valence-corrected chi connectivity index (χ3v) is 3.84. The highest BCUT2D eigenvalue weighted by atomic mass is 16.5. The summed E-state index contributed by atoms with van der Waals surface area (Å²) in [6, 6.07) is 4.90. The highest BCUT2D eigenvalue weighted by Crippen LogP contribution is 2.30. The van der Waals surface area contributed by atoms with Gasteiger partial charge in [-0.25, -0.2) is 9.78 Å². The van der Waals surface area contributed by atoms with Crippen molar-refractivity contribution < 1.29 is 14.3 Å². The van der Waals surface area contributed by atoms with Gasteiger partial charge in [-0.05, 0) is 18.2 Å². The zero-order valence-corrected chi connectivity index (χ0v) is 13.8. The fourth-order valence-corrected chi connectivity index (χ4v) is 2.59. The van der Waals surface area contributed by atoms with Gasteiger partial charge in [0.15, 0.2) is 0 Å². The lowest BCUT2D eigenvalue weighted by Gasteiger charge is -2.15. The van der Waals surface area contributed by atoms with Gasteiger partial charge < -0.3 is 26.1 Å². The molecular formula is C16H20N6O3. The van der Waals surface area contributed by atoms with Gasteiger partial charge in [-0.2, -0.15) is 0 Å². The third kappa shape index (κ3) is 3.89. The summed E-state index contributed by atoms with van der Waals surface area (Å²) in [7, 11) is 1.30. The molecule has 1 aliphatic rings. The Morgan fingerprint density at radius 3 is 2.96 bits per heavy atom. The summed E-state index contributed by atoms with van der Waals surface area (Å²) < 4.78 is 4.61. The monoisotopic (exact) mass is 344 g/mol. The number of imidazole rings is 1. The molecule has 2 amide bonds. The number of carbonyl (C=O) groups excluding carboxylic acids is 2. The van der Waals surface area contributed by atoms with Crippen molar-refractivity contribution in [3.8, 4) is 11.3 Å². The number of H-pyrrole nitrogens is 1. The van der Waals surface area contributed by atoms with E-state index in [2.05, 4.69) is 30.7 Å². The van der Waals surface area contributed by atoms with Crippen LogP contribution in [0.25, 0.3) is 11.3 Å². The first kappa shape index (κ1) is 16.8. The van der Waals surface area contributed by atoms with E-state index in [-0.39, 0.29) is 12.3 Å². The molecule has 1 aromatic carbocycles. The number of carbonyl (C=O) groups is 2. The Morgan fingerprint density at radius 1 is 1.36 bits per heavy atom. The minimum absolute atomic E-state index is 0.130. The van der Waals surface area contributed by atoms with Gasteiger partial charge in [0.25, 0.3) is 0 Å². The molecule has 0 spiro atoms. The molecule has 0 aliphatic carbocycles. The predicted octanol–water partition coefficient (Wildman–Crippen LogP) is 1.19. The Balaban J connectivity index is 1.96. The number of rotatable bonds is 1. The molecule has 9 nitrogen and oxygen atoms in total. The lowest BCUT2D eigenvalue weighted by molar-refractivity contribution is -0.121. The topological polar surface area (TPSA) is 134 Å². The van der Waals surface area contributed by atoms with E-state index in [4.69, 9.17) is 5.73 Å². The number of aromatic amines is 1. The SMILES string of the molecule is COC(=O)Nc1ccc2c(c1)NCCNC(=O)CC(N)c1nc-2c[nH]1. The second kappa shape index (κ2) is 7.22. The van der Waals surface area contributed by atoms with Crippen LogP contribution in [0.3, 0.4) is 0 Å². The van der Waals surface area contributed by atoms with Crippen molar-refractivity contribution in [2.75, 3.05) is 30.8 Å². The lowest BCUT2D eigenvalue weighted by Crippen LogP contribution is -2.31. The third-order valence-electron chi connectivity index (χ3n) is 3.84. The number of hydrogen-bond donors (Lipinski definition) is 5. The lowest BCUT2D eigenvalue weighted by atomic mass is 10.1. The maximum Gasteiger partial charge on any atom is 0.411 e. The molecule has 9 heteroatoms. The highest BCUT2D eigenvalue weighted by Gasteiger charge is 2.18. The molecular weight excluding hydrogens is 324 g/mol. The van der Waals surface area contributed by atoms with Gasteiger partial charge in [0.1, 0.15) is 5.82 Å². The number of fused-ring (bicyclic) bond motifs is 4. The van der Waals surface area contributed by atoms with Crippen molar-refractivity contribution in [3.63, 3.8) is 0 Å². The molecule has 0 saturated carbocycles. The average molecular weight is 344 g/mol. The van der Waals surface area contributed by atoms with Gasteiger partial charge in [0.05, 0.1) is 18.8 Å². The smallest absolute Gasteiger partial charge is 0.411 e. The van der Waals surface area contributed by atoms with E-state index in [1.54, 1.807) is 18.3 Å². The van der Waals surface area contributed by atoms with Crippen molar-refractivity contribution in [2.24, 2.45) is 5.73 Å². The van der Waals surface area contributed by atoms with Crippen LogP contribution in [-0.2, 0) is 9.53 Å². The van der Waals surface area contributed by atoms with Crippen LogP contribution in [0.15, 0.2) is 24.4 Å². The Labute approximate surface area is 144 Å². The summed E-state index contributed by atoms with van der Waals surface area (Å²) in [5.74, 6) is 0.419. The van der Waals surface area contributed by atoms with Crippen LogP contribution in [0.2, 0.25) is 0 Å². The number of methoxy groups -OCH3 is 1. The van der Waals surface area contributed by atoms with Gasteiger partial charge in [0, 0.05) is 42.6 Å². The van der Waals surface area contributed by atoms with Crippen LogP contribution in [0.1, 0.15) is 18.3 Å². The second-order valence-electron chi connectivity index (χ2n) is 5.64. The number of nitrogens with zero attached hydrogens (tertiary/aromatic N) is 1. The van der Waals surface area contributed by atoms with Crippen molar-refractivity contribution in [3.05, 3.63) is 30.2 Å². The van der Waals surface area contributed by atoms with Crippen LogP contribution < -0.4 is 21.7 Å². The number of anilines is 2. The first-order chi connectivity index (χ1) is 12.1. The molecule has 25 heavy (non-hydrogen) atoms. The Kier molecular flexibility index (Phi) is 4.85. The molecule has 132 valence electrons. The molecule has 2 aromatic rings. The van der Waals surface area contributed by atoms with Gasteiger partial charge in [-0.3, -0.25) is 10.1 Å². The molecule has 0 saturated heterocycles. The van der Waals surface area contributed by atoms with Crippen LogP contribution >= 0.6 is 0 Å². The number of benzene rings is 1.